The molecule has 3 heterocycles. The zero-order chi connectivity index (χ0) is 25.0. The first kappa shape index (κ1) is 24.4. The molecule has 1 atom stereocenters. The first-order chi connectivity index (χ1) is 16.7. The predicted octanol–water partition coefficient (Wildman–Crippen LogP) is 2.25. The molecule has 12 heteroatoms. The van der Waals surface area contributed by atoms with Crippen LogP contribution in [-0.4, -0.2) is 61.5 Å². The maximum Gasteiger partial charge on any atom is 0.323 e. The first-order valence-corrected chi connectivity index (χ1v) is 13.0. The molecule has 0 saturated carbocycles. The van der Waals surface area contributed by atoms with Gasteiger partial charge in [0.1, 0.15) is 5.82 Å². The number of sulfone groups is 1. The number of ether oxygens (including phenoxy) is 1. The van der Waals surface area contributed by atoms with Crippen LogP contribution in [0, 0.1) is 0 Å². The fraction of sp³-hybridized carbons (Fsp3) is 0.304. The number of hydrogen-bond donors (Lipinski definition) is 3. The van der Waals surface area contributed by atoms with E-state index in [1.165, 1.54) is 18.5 Å². The van der Waals surface area contributed by atoms with Gasteiger partial charge in [-0.2, -0.15) is 0 Å². The Labute approximate surface area is 202 Å². The van der Waals surface area contributed by atoms with Crippen molar-refractivity contribution in [1.29, 1.82) is 0 Å². The van der Waals surface area contributed by atoms with Gasteiger partial charge in [-0.1, -0.05) is 0 Å². The molecule has 3 aromatic rings. The van der Waals surface area contributed by atoms with E-state index < -0.39 is 15.9 Å². The Bertz CT molecular complexity index is 1370. The molecule has 1 aliphatic rings. The Kier molecular flexibility index (Phi) is 7.12. The van der Waals surface area contributed by atoms with Crippen molar-refractivity contribution in [3.63, 3.8) is 0 Å². The zero-order valence-electron chi connectivity index (χ0n) is 19.3. The number of carbonyl (C=O) groups is 1. The maximum atomic E-state index is 12.2. The minimum atomic E-state index is -3.30. The Balaban J connectivity index is 1.56. The zero-order valence-corrected chi connectivity index (χ0v) is 20.1. The topological polar surface area (TPSA) is 146 Å². The number of carbonyl (C=O) groups excluding carboxylic acids is 1. The minimum Gasteiger partial charge on any atom is -0.377 e. The van der Waals surface area contributed by atoms with Crippen LogP contribution < -0.4 is 21.1 Å². The van der Waals surface area contributed by atoms with Crippen LogP contribution in [0.4, 0.5) is 22.0 Å². The van der Waals surface area contributed by atoms with E-state index >= 15 is 0 Å². The number of rotatable bonds is 6. The molecule has 0 spiro atoms. The van der Waals surface area contributed by atoms with E-state index in [-0.39, 0.29) is 17.4 Å². The molecule has 35 heavy (non-hydrogen) atoms. The van der Waals surface area contributed by atoms with E-state index in [1.54, 1.807) is 36.4 Å². The number of anilines is 3. The average Bonchev–Trinajstić information content (AvgIpc) is 2.78. The summed E-state index contributed by atoms with van der Waals surface area (Å²) in [5.74, 6) is 0.833. The van der Waals surface area contributed by atoms with E-state index in [0.29, 0.717) is 54.0 Å². The van der Waals surface area contributed by atoms with Crippen molar-refractivity contribution in [2.45, 2.75) is 18.7 Å². The normalized spacial score (nSPS) is 16.1. The highest BCUT2D eigenvalue weighted by Crippen LogP contribution is 2.25. The number of morpholine rings is 1. The van der Waals surface area contributed by atoms with E-state index in [4.69, 9.17) is 9.72 Å². The van der Waals surface area contributed by atoms with Gasteiger partial charge >= 0.3 is 6.03 Å². The predicted molar refractivity (Wildman–Crippen MR) is 133 cm³/mol. The highest BCUT2D eigenvalue weighted by molar-refractivity contribution is 7.89. The molecule has 0 unspecified atom stereocenters. The molecule has 2 aromatic heterocycles. The van der Waals surface area contributed by atoms with Crippen LogP contribution in [0.1, 0.15) is 12.6 Å². The standard InChI is InChI=1S/C23H26N6O5S/c1-15-13-34-10-9-29(15)20-11-19(14-35(2,32)33)25-22(28-20)16-3-5-17(6-4-16)26-23(31)27-18-7-8-24-21(30)12-18/h3-8,11-12,15H,9-10,13-14H2,1-2H3,(H3,24,26,27,30,31)/t15-/m0/s1. The summed E-state index contributed by atoms with van der Waals surface area (Å²) < 4.78 is 29.4. The van der Waals surface area contributed by atoms with Crippen molar-refractivity contribution < 1.29 is 17.9 Å². The fourth-order valence-corrected chi connectivity index (χ4v) is 4.37. The van der Waals surface area contributed by atoms with Crippen molar-refractivity contribution in [2.75, 3.05) is 41.5 Å². The van der Waals surface area contributed by atoms with Gasteiger partial charge in [0.25, 0.3) is 0 Å². The third-order valence-electron chi connectivity index (χ3n) is 5.27. The number of pyridine rings is 1. The first-order valence-electron chi connectivity index (χ1n) is 10.9. The average molecular weight is 499 g/mol. The lowest BCUT2D eigenvalue weighted by Crippen LogP contribution is -2.44. The molecule has 1 aromatic carbocycles. The van der Waals surface area contributed by atoms with Crippen LogP contribution >= 0.6 is 0 Å². The second-order valence-electron chi connectivity index (χ2n) is 8.33. The van der Waals surface area contributed by atoms with Gasteiger partial charge in [0.05, 0.1) is 30.7 Å². The van der Waals surface area contributed by atoms with Gasteiger partial charge in [0.15, 0.2) is 15.7 Å². The van der Waals surface area contributed by atoms with E-state index in [1.807, 2.05) is 6.92 Å². The minimum absolute atomic E-state index is 0.0860. The summed E-state index contributed by atoms with van der Waals surface area (Å²) in [5.41, 5.74) is 1.64. The molecule has 11 nitrogen and oxygen atoms in total. The molecule has 0 radical (unpaired) electrons. The van der Waals surface area contributed by atoms with E-state index in [2.05, 4.69) is 25.5 Å². The smallest absolute Gasteiger partial charge is 0.323 e. The van der Waals surface area contributed by atoms with E-state index in [9.17, 15) is 18.0 Å². The van der Waals surface area contributed by atoms with Crippen molar-refractivity contribution in [2.24, 2.45) is 0 Å². The van der Waals surface area contributed by atoms with Crippen molar-refractivity contribution >= 4 is 33.1 Å². The third-order valence-corrected chi connectivity index (χ3v) is 6.09. The van der Waals surface area contributed by atoms with Gasteiger partial charge in [-0.05, 0) is 37.3 Å². The third kappa shape index (κ3) is 6.64. The number of urea groups is 1. The Hall–Kier alpha value is -3.77. The lowest BCUT2D eigenvalue weighted by molar-refractivity contribution is 0.0985. The molecule has 1 fully saturated rings. The Morgan fingerprint density at radius 3 is 2.57 bits per heavy atom. The second-order valence-corrected chi connectivity index (χ2v) is 10.5. The lowest BCUT2D eigenvalue weighted by Gasteiger charge is -2.34. The molecule has 3 N–H and O–H groups in total. The highest BCUT2D eigenvalue weighted by Gasteiger charge is 2.22. The number of H-pyrrole nitrogens is 1. The number of amides is 2. The largest absolute Gasteiger partial charge is 0.377 e. The quantitative estimate of drug-likeness (QED) is 0.469. The molecular formula is C23H26N6O5S. The summed E-state index contributed by atoms with van der Waals surface area (Å²) in [5, 5.41) is 5.28. The molecule has 0 bridgehead atoms. The van der Waals surface area contributed by atoms with Gasteiger partial charge in [0, 0.05) is 48.1 Å². The van der Waals surface area contributed by atoms with Crippen LogP contribution in [-0.2, 0) is 20.3 Å². The van der Waals surface area contributed by atoms with Gasteiger partial charge in [0.2, 0.25) is 5.56 Å². The summed E-state index contributed by atoms with van der Waals surface area (Å²) >= 11 is 0. The van der Waals surface area contributed by atoms with Crippen molar-refractivity contribution in [3.05, 3.63) is 64.7 Å². The molecule has 1 aliphatic heterocycles. The monoisotopic (exact) mass is 498 g/mol. The summed E-state index contributed by atoms with van der Waals surface area (Å²) in [6.07, 6.45) is 2.61. The Morgan fingerprint density at radius 2 is 1.89 bits per heavy atom. The van der Waals surface area contributed by atoms with Gasteiger partial charge in [-0.25, -0.2) is 23.2 Å². The number of nitrogens with one attached hydrogen (secondary N) is 3. The van der Waals surface area contributed by atoms with Crippen molar-refractivity contribution in [1.82, 2.24) is 15.0 Å². The van der Waals surface area contributed by atoms with Crippen LogP contribution in [0.25, 0.3) is 11.4 Å². The number of benzene rings is 1. The summed E-state index contributed by atoms with van der Waals surface area (Å²) in [4.78, 5) is 37.3. The molecule has 184 valence electrons. The van der Waals surface area contributed by atoms with Crippen LogP contribution in [0.5, 0.6) is 0 Å². The Morgan fingerprint density at radius 1 is 1.14 bits per heavy atom. The van der Waals surface area contributed by atoms with Crippen LogP contribution in [0.2, 0.25) is 0 Å². The number of aromatic nitrogens is 3. The number of hydrogen-bond acceptors (Lipinski definition) is 8. The summed E-state index contributed by atoms with van der Waals surface area (Å²) in [7, 11) is -3.30. The van der Waals surface area contributed by atoms with Gasteiger partial charge in [-0.3, -0.25) is 4.79 Å². The number of aromatic amines is 1. The fourth-order valence-electron chi connectivity index (χ4n) is 3.69. The molecule has 2 amide bonds. The van der Waals surface area contributed by atoms with Crippen molar-refractivity contribution in [3.8, 4) is 11.4 Å². The van der Waals surface area contributed by atoms with Crippen LogP contribution in [0.15, 0.2) is 53.5 Å². The number of nitrogens with zero attached hydrogens (tertiary/aromatic N) is 3. The highest BCUT2D eigenvalue weighted by atomic mass is 32.2. The SMILES string of the molecule is C[C@H]1COCCN1c1cc(CS(C)(=O)=O)nc(-c2ccc(NC(=O)Nc3cc[nH]c(=O)c3)cc2)n1. The summed E-state index contributed by atoms with van der Waals surface area (Å²) in [6.45, 7) is 3.78. The second kappa shape index (κ2) is 10.2. The van der Waals surface area contributed by atoms with Gasteiger partial charge < -0.3 is 25.3 Å². The molecule has 4 rings (SSSR count). The van der Waals surface area contributed by atoms with Gasteiger partial charge in [-0.15, -0.1) is 0 Å². The molecular weight excluding hydrogens is 472 g/mol. The molecule has 1 saturated heterocycles. The maximum absolute atomic E-state index is 12.2. The lowest BCUT2D eigenvalue weighted by atomic mass is 10.2. The summed E-state index contributed by atoms with van der Waals surface area (Å²) in [6, 6.07) is 11.0. The van der Waals surface area contributed by atoms with Crippen LogP contribution in [0.3, 0.4) is 0 Å². The molecule has 0 aliphatic carbocycles. The van der Waals surface area contributed by atoms with E-state index in [0.717, 1.165) is 0 Å².